The number of ether oxygens (including phenoxy) is 1. The van der Waals surface area contributed by atoms with Gasteiger partial charge >= 0.3 is 0 Å². The van der Waals surface area contributed by atoms with Gasteiger partial charge in [-0.3, -0.25) is 9.59 Å². The number of carbonyl (C=O) groups is 2. The number of fused-ring (bicyclic) bond motifs is 1. The third kappa shape index (κ3) is 4.74. The number of piperidine rings is 1. The first-order valence-corrected chi connectivity index (χ1v) is 12.6. The summed E-state index contributed by atoms with van der Waals surface area (Å²) >= 11 is 0. The Balaban J connectivity index is 1.55. The number of benzene rings is 2. The van der Waals surface area contributed by atoms with E-state index in [9.17, 15) is 18.0 Å². The molecule has 4 rings (SSSR count). The number of anilines is 2. The van der Waals surface area contributed by atoms with Gasteiger partial charge in [-0.2, -0.15) is 4.31 Å². The molecule has 9 heteroatoms. The van der Waals surface area contributed by atoms with Crippen LogP contribution in [0.25, 0.3) is 0 Å². The van der Waals surface area contributed by atoms with Crippen LogP contribution in [0.3, 0.4) is 0 Å². The SMILES string of the molecule is CCC1Oc2cc(S(=O)(=O)N3CCCC(C(=O)Nc4cccc(C)c4)C3)c(C)cc2NC1=O. The molecule has 2 unspecified atom stereocenters. The molecule has 0 aliphatic carbocycles. The Morgan fingerprint density at radius 3 is 2.76 bits per heavy atom. The van der Waals surface area contributed by atoms with E-state index in [4.69, 9.17) is 4.74 Å². The summed E-state index contributed by atoms with van der Waals surface area (Å²) in [6.07, 6.45) is 1.05. The van der Waals surface area contributed by atoms with Crippen LogP contribution in [-0.2, 0) is 19.6 Å². The van der Waals surface area contributed by atoms with Gasteiger partial charge in [0.15, 0.2) is 6.10 Å². The fourth-order valence-corrected chi connectivity index (χ4v) is 6.06. The molecule has 1 saturated heterocycles. The molecule has 1 fully saturated rings. The normalized spacial score (nSPS) is 21.0. The quantitative estimate of drug-likeness (QED) is 0.695. The molecule has 2 N–H and O–H groups in total. The molecule has 0 radical (unpaired) electrons. The summed E-state index contributed by atoms with van der Waals surface area (Å²) in [6.45, 7) is 5.94. The van der Waals surface area contributed by atoms with Crippen molar-refractivity contribution in [3.8, 4) is 5.75 Å². The van der Waals surface area contributed by atoms with Crippen LogP contribution < -0.4 is 15.4 Å². The van der Waals surface area contributed by atoms with E-state index in [1.807, 2.05) is 38.1 Å². The van der Waals surface area contributed by atoms with Crippen LogP contribution in [0.15, 0.2) is 41.3 Å². The van der Waals surface area contributed by atoms with Crippen LogP contribution in [0.4, 0.5) is 11.4 Å². The van der Waals surface area contributed by atoms with Crippen molar-refractivity contribution in [2.45, 2.75) is 51.0 Å². The van der Waals surface area contributed by atoms with E-state index in [0.717, 1.165) is 5.56 Å². The van der Waals surface area contributed by atoms with Gasteiger partial charge in [-0.25, -0.2) is 8.42 Å². The number of nitrogens with zero attached hydrogens (tertiary/aromatic N) is 1. The molecule has 2 aliphatic heterocycles. The molecule has 2 heterocycles. The van der Waals surface area contributed by atoms with Gasteiger partial charge in [-0.15, -0.1) is 0 Å². The van der Waals surface area contributed by atoms with E-state index in [1.165, 1.54) is 10.4 Å². The first-order chi connectivity index (χ1) is 15.7. The molecule has 8 nitrogen and oxygen atoms in total. The van der Waals surface area contributed by atoms with Gasteiger partial charge in [0.25, 0.3) is 5.91 Å². The van der Waals surface area contributed by atoms with Crippen LogP contribution in [-0.4, -0.2) is 43.7 Å². The highest BCUT2D eigenvalue weighted by molar-refractivity contribution is 7.89. The fraction of sp³-hybridized carbons (Fsp3) is 0.417. The lowest BCUT2D eigenvalue weighted by atomic mass is 9.98. The van der Waals surface area contributed by atoms with E-state index in [0.29, 0.717) is 48.5 Å². The molecule has 0 aromatic heterocycles. The second-order valence-corrected chi connectivity index (χ2v) is 10.6. The Hall–Kier alpha value is -2.91. The lowest BCUT2D eigenvalue weighted by Crippen LogP contribution is -2.44. The number of sulfonamides is 1. The molecular weight excluding hydrogens is 442 g/mol. The van der Waals surface area contributed by atoms with Crippen molar-refractivity contribution in [3.63, 3.8) is 0 Å². The van der Waals surface area contributed by atoms with Crippen molar-refractivity contribution >= 4 is 33.2 Å². The molecule has 2 aliphatic rings. The van der Waals surface area contributed by atoms with Crippen molar-refractivity contribution in [3.05, 3.63) is 47.5 Å². The van der Waals surface area contributed by atoms with E-state index in [2.05, 4.69) is 10.6 Å². The number of hydrogen-bond acceptors (Lipinski definition) is 5. The lowest BCUT2D eigenvalue weighted by molar-refractivity contribution is -0.123. The predicted molar refractivity (Wildman–Crippen MR) is 126 cm³/mol. The summed E-state index contributed by atoms with van der Waals surface area (Å²) in [5.41, 5.74) is 2.72. The maximum absolute atomic E-state index is 13.5. The molecule has 176 valence electrons. The summed E-state index contributed by atoms with van der Waals surface area (Å²) < 4.78 is 34.2. The molecule has 2 atom stereocenters. The third-order valence-electron chi connectivity index (χ3n) is 6.13. The summed E-state index contributed by atoms with van der Waals surface area (Å²) in [4.78, 5) is 25.1. The topological polar surface area (TPSA) is 105 Å². The Morgan fingerprint density at radius 2 is 2.03 bits per heavy atom. The molecule has 2 amide bonds. The lowest BCUT2D eigenvalue weighted by Gasteiger charge is -2.32. The predicted octanol–water partition coefficient (Wildman–Crippen LogP) is 3.45. The zero-order valence-corrected chi connectivity index (χ0v) is 19.9. The molecule has 0 spiro atoms. The van der Waals surface area contributed by atoms with E-state index < -0.39 is 22.0 Å². The minimum Gasteiger partial charge on any atom is -0.478 e. The molecule has 33 heavy (non-hydrogen) atoms. The number of aryl methyl sites for hydroxylation is 2. The largest absolute Gasteiger partial charge is 0.478 e. The fourth-order valence-electron chi connectivity index (χ4n) is 4.31. The Labute approximate surface area is 194 Å². The van der Waals surface area contributed by atoms with E-state index in [-0.39, 0.29) is 23.3 Å². The van der Waals surface area contributed by atoms with Gasteiger partial charge < -0.3 is 15.4 Å². The summed E-state index contributed by atoms with van der Waals surface area (Å²) in [6, 6.07) is 10.6. The van der Waals surface area contributed by atoms with Crippen molar-refractivity contribution < 1.29 is 22.7 Å². The van der Waals surface area contributed by atoms with Gasteiger partial charge in [-0.1, -0.05) is 19.1 Å². The summed E-state index contributed by atoms with van der Waals surface area (Å²) in [5, 5.41) is 5.70. The van der Waals surface area contributed by atoms with Crippen molar-refractivity contribution in [1.82, 2.24) is 4.31 Å². The van der Waals surface area contributed by atoms with Crippen LogP contribution >= 0.6 is 0 Å². The highest BCUT2D eigenvalue weighted by atomic mass is 32.2. The minimum absolute atomic E-state index is 0.117. The maximum atomic E-state index is 13.5. The van der Waals surface area contributed by atoms with Crippen molar-refractivity contribution in [2.75, 3.05) is 23.7 Å². The van der Waals surface area contributed by atoms with Crippen LogP contribution in [0.1, 0.15) is 37.3 Å². The highest BCUT2D eigenvalue weighted by Gasteiger charge is 2.36. The second-order valence-electron chi connectivity index (χ2n) is 8.68. The second kappa shape index (κ2) is 9.15. The highest BCUT2D eigenvalue weighted by Crippen LogP contribution is 2.36. The van der Waals surface area contributed by atoms with Gasteiger partial charge in [0.05, 0.1) is 16.5 Å². The standard InChI is InChI=1S/C24H29N3O5S/c1-4-20-24(29)26-19-12-16(3)22(13-21(19)32-20)33(30,31)27-10-6-8-17(14-27)23(28)25-18-9-5-7-15(2)11-18/h5,7,9,11-13,17,20H,4,6,8,10,14H2,1-3H3,(H,25,28)(H,26,29). The number of amides is 2. The minimum atomic E-state index is -3.85. The van der Waals surface area contributed by atoms with Crippen molar-refractivity contribution in [1.29, 1.82) is 0 Å². The molecule has 0 saturated carbocycles. The summed E-state index contributed by atoms with van der Waals surface area (Å²) in [5.74, 6) is -0.513. The third-order valence-corrected chi connectivity index (χ3v) is 8.13. The Morgan fingerprint density at radius 1 is 1.24 bits per heavy atom. The zero-order chi connectivity index (χ0) is 23.8. The van der Waals surface area contributed by atoms with E-state index in [1.54, 1.807) is 13.0 Å². The Kier molecular flexibility index (Phi) is 6.45. The number of nitrogens with one attached hydrogen (secondary N) is 2. The average molecular weight is 472 g/mol. The van der Waals surface area contributed by atoms with Crippen LogP contribution in [0, 0.1) is 19.8 Å². The van der Waals surface area contributed by atoms with Crippen molar-refractivity contribution in [2.24, 2.45) is 5.92 Å². The average Bonchev–Trinajstić information content (AvgIpc) is 2.78. The summed E-state index contributed by atoms with van der Waals surface area (Å²) in [7, 11) is -3.85. The molecular formula is C24H29N3O5S. The smallest absolute Gasteiger partial charge is 0.265 e. The molecule has 2 aromatic rings. The van der Waals surface area contributed by atoms with Gasteiger partial charge in [0.2, 0.25) is 15.9 Å². The van der Waals surface area contributed by atoms with Gasteiger partial charge in [0.1, 0.15) is 5.75 Å². The molecule has 2 aromatic carbocycles. The van der Waals surface area contributed by atoms with Crippen LogP contribution in [0.2, 0.25) is 0 Å². The van der Waals surface area contributed by atoms with E-state index >= 15 is 0 Å². The van der Waals surface area contributed by atoms with Gasteiger partial charge in [0, 0.05) is 24.8 Å². The van der Waals surface area contributed by atoms with Crippen LogP contribution in [0.5, 0.6) is 5.75 Å². The number of rotatable bonds is 5. The number of carbonyl (C=O) groups excluding carboxylic acids is 2. The Bertz CT molecular complexity index is 1190. The zero-order valence-electron chi connectivity index (χ0n) is 19.1. The van der Waals surface area contributed by atoms with Gasteiger partial charge in [-0.05, 0) is 62.4 Å². The first-order valence-electron chi connectivity index (χ1n) is 11.2. The molecule has 0 bridgehead atoms. The first kappa shape index (κ1) is 23.3. The monoisotopic (exact) mass is 471 g/mol. The number of hydrogen-bond donors (Lipinski definition) is 2. The maximum Gasteiger partial charge on any atom is 0.265 e.